The van der Waals surface area contributed by atoms with E-state index < -0.39 is 0 Å². The standard InChI is InChI=1S/C14H13BrN2OS/c1-18-9-3-2-4-10(7-9)19-11-5-6-12(14(16)17)13(15)8-11/h2-8H,1H3,(H3,16,17). The van der Waals surface area contributed by atoms with E-state index in [9.17, 15) is 0 Å². The van der Waals surface area contributed by atoms with Crippen LogP contribution in [-0.2, 0) is 0 Å². The molecule has 0 unspecified atom stereocenters. The molecular formula is C14H13BrN2OS. The highest BCUT2D eigenvalue weighted by atomic mass is 79.9. The summed E-state index contributed by atoms with van der Waals surface area (Å²) in [6.07, 6.45) is 0. The number of nitrogen functional groups attached to an aromatic ring is 1. The van der Waals surface area contributed by atoms with Crippen LogP contribution in [0.5, 0.6) is 5.75 Å². The van der Waals surface area contributed by atoms with Crippen molar-refractivity contribution in [3.05, 3.63) is 52.5 Å². The molecule has 0 heterocycles. The lowest BCUT2D eigenvalue weighted by molar-refractivity contribution is 0.413. The first-order chi connectivity index (χ1) is 9.10. The number of hydrogen-bond donors (Lipinski definition) is 2. The van der Waals surface area contributed by atoms with Crippen LogP contribution in [-0.4, -0.2) is 12.9 Å². The third kappa shape index (κ3) is 3.52. The van der Waals surface area contributed by atoms with E-state index in [1.165, 1.54) is 0 Å². The smallest absolute Gasteiger partial charge is 0.123 e. The molecule has 0 aromatic heterocycles. The van der Waals surface area contributed by atoms with Gasteiger partial charge in [-0.2, -0.15) is 0 Å². The zero-order valence-electron chi connectivity index (χ0n) is 10.3. The fourth-order valence-electron chi connectivity index (χ4n) is 1.58. The molecule has 19 heavy (non-hydrogen) atoms. The molecule has 2 rings (SSSR count). The lowest BCUT2D eigenvalue weighted by Gasteiger charge is -2.07. The van der Waals surface area contributed by atoms with E-state index in [1.807, 2.05) is 42.5 Å². The van der Waals surface area contributed by atoms with Crippen molar-refractivity contribution in [2.75, 3.05) is 7.11 Å². The summed E-state index contributed by atoms with van der Waals surface area (Å²) in [5.41, 5.74) is 6.19. The lowest BCUT2D eigenvalue weighted by atomic mass is 10.2. The Morgan fingerprint density at radius 1 is 1.21 bits per heavy atom. The SMILES string of the molecule is COc1cccc(Sc2ccc(C(=N)N)c(Br)c2)c1. The van der Waals surface area contributed by atoms with Gasteiger partial charge in [0.2, 0.25) is 0 Å². The molecule has 0 atom stereocenters. The van der Waals surface area contributed by atoms with Crippen molar-refractivity contribution in [1.29, 1.82) is 5.41 Å². The van der Waals surface area contributed by atoms with Crippen molar-refractivity contribution in [1.82, 2.24) is 0 Å². The molecule has 0 aliphatic carbocycles. The molecule has 98 valence electrons. The Bertz CT molecular complexity index is 616. The highest BCUT2D eigenvalue weighted by Crippen LogP contribution is 2.32. The van der Waals surface area contributed by atoms with Gasteiger partial charge in [-0.1, -0.05) is 17.8 Å². The average Bonchev–Trinajstić information content (AvgIpc) is 2.38. The third-order valence-electron chi connectivity index (χ3n) is 2.51. The number of nitrogens with one attached hydrogen (secondary N) is 1. The van der Waals surface area contributed by atoms with Gasteiger partial charge in [0.15, 0.2) is 0 Å². The molecule has 0 saturated heterocycles. The monoisotopic (exact) mass is 336 g/mol. The number of halogens is 1. The van der Waals surface area contributed by atoms with Crippen molar-refractivity contribution < 1.29 is 4.74 Å². The minimum absolute atomic E-state index is 0.0600. The van der Waals surface area contributed by atoms with Crippen LogP contribution in [0.2, 0.25) is 0 Å². The molecule has 0 radical (unpaired) electrons. The number of ether oxygens (including phenoxy) is 1. The Kier molecular flexibility index (Phi) is 4.50. The summed E-state index contributed by atoms with van der Waals surface area (Å²) in [4.78, 5) is 2.17. The Hall–Kier alpha value is -1.46. The van der Waals surface area contributed by atoms with Crippen LogP contribution in [0, 0.1) is 5.41 Å². The second kappa shape index (κ2) is 6.12. The summed E-state index contributed by atoms with van der Waals surface area (Å²) < 4.78 is 6.03. The Morgan fingerprint density at radius 3 is 2.58 bits per heavy atom. The van der Waals surface area contributed by atoms with Crippen molar-refractivity contribution in [2.24, 2.45) is 5.73 Å². The Balaban J connectivity index is 2.23. The van der Waals surface area contributed by atoms with Crippen LogP contribution < -0.4 is 10.5 Å². The highest BCUT2D eigenvalue weighted by molar-refractivity contribution is 9.10. The Labute approximate surface area is 124 Å². The second-order valence-electron chi connectivity index (χ2n) is 3.84. The van der Waals surface area contributed by atoms with Crippen LogP contribution >= 0.6 is 27.7 Å². The van der Waals surface area contributed by atoms with Crippen molar-refractivity contribution in [3.63, 3.8) is 0 Å². The summed E-state index contributed by atoms with van der Waals surface area (Å²) >= 11 is 5.06. The van der Waals surface area contributed by atoms with Crippen molar-refractivity contribution in [2.45, 2.75) is 9.79 Å². The maximum absolute atomic E-state index is 7.45. The third-order valence-corrected chi connectivity index (χ3v) is 4.14. The first-order valence-corrected chi connectivity index (χ1v) is 7.17. The summed E-state index contributed by atoms with van der Waals surface area (Å²) in [5.74, 6) is 0.897. The van der Waals surface area contributed by atoms with Gasteiger partial charge in [0, 0.05) is 19.8 Å². The topological polar surface area (TPSA) is 59.1 Å². The van der Waals surface area contributed by atoms with Gasteiger partial charge in [-0.15, -0.1) is 0 Å². The molecule has 0 aliphatic heterocycles. The minimum atomic E-state index is 0.0600. The largest absolute Gasteiger partial charge is 0.497 e. The number of rotatable bonds is 4. The number of hydrogen-bond acceptors (Lipinski definition) is 3. The number of benzene rings is 2. The zero-order chi connectivity index (χ0) is 13.8. The quantitative estimate of drug-likeness (QED) is 0.657. The van der Waals surface area contributed by atoms with E-state index in [2.05, 4.69) is 15.9 Å². The fourth-order valence-corrected chi connectivity index (χ4v) is 3.23. The molecular weight excluding hydrogens is 324 g/mol. The van der Waals surface area contributed by atoms with Gasteiger partial charge < -0.3 is 10.5 Å². The normalized spacial score (nSPS) is 10.2. The first-order valence-electron chi connectivity index (χ1n) is 5.56. The molecule has 5 heteroatoms. The molecule has 2 aromatic rings. The predicted molar refractivity (Wildman–Crippen MR) is 82.3 cm³/mol. The molecule has 0 amide bonds. The van der Waals surface area contributed by atoms with Crippen LogP contribution in [0.4, 0.5) is 0 Å². The summed E-state index contributed by atoms with van der Waals surface area (Å²) in [6, 6.07) is 13.6. The maximum atomic E-state index is 7.45. The van der Waals surface area contributed by atoms with E-state index in [0.29, 0.717) is 5.56 Å². The van der Waals surface area contributed by atoms with E-state index >= 15 is 0 Å². The summed E-state index contributed by atoms with van der Waals surface area (Å²) in [5, 5.41) is 7.45. The van der Waals surface area contributed by atoms with Crippen LogP contribution in [0.15, 0.2) is 56.7 Å². The number of nitrogens with two attached hydrogens (primary N) is 1. The van der Waals surface area contributed by atoms with Gasteiger partial charge in [0.05, 0.1) is 7.11 Å². The van der Waals surface area contributed by atoms with Gasteiger partial charge in [-0.3, -0.25) is 5.41 Å². The first kappa shape index (κ1) is 14.0. The van der Waals surface area contributed by atoms with Gasteiger partial charge in [0.25, 0.3) is 0 Å². The molecule has 2 aromatic carbocycles. The lowest BCUT2D eigenvalue weighted by Crippen LogP contribution is -2.11. The Morgan fingerprint density at radius 2 is 1.95 bits per heavy atom. The van der Waals surface area contributed by atoms with Gasteiger partial charge in [0.1, 0.15) is 11.6 Å². The predicted octanol–water partition coefficient (Wildman–Crippen LogP) is 3.89. The molecule has 0 saturated carbocycles. The van der Waals surface area contributed by atoms with Crippen LogP contribution in [0.25, 0.3) is 0 Å². The van der Waals surface area contributed by atoms with Gasteiger partial charge in [-0.05, 0) is 52.3 Å². The molecule has 0 spiro atoms. The summed E-state index contributed by atoms with van der Waals surface area (Å²) in [7, 11) is 1.65. The summed E-state index contributed by atoms with van der Waals surface area (Å²) in [6.45, 7) is 0. The average molecular weight is 337 g/mol. The number of methoxy groups -OCH3 is 1. The van der Waals surface area contributed by atoms with Gasteiger partial charge >= 0.3 is 0 Å². The van der Waals surface area contributed by atoms with Crippen molar-refractivity contribution in [3.8, 4) is 5.75 Å². The maximum Gasteiger partial charge on any atom is 0.123 e. The second-order valence-corrected chi connectivity index (χ2v) is 5.84. The van der Waals surface area contributed by atoms with Crippen LogP contribution in [0.1, 0.15) is 5.56 Å². The molecule has 0 fully saturated rings. The van der Waals surface area contributed by atoms with Crippen LogP contribution in [0.3, 0.4) is 0 Å². The van der Waals surface area contributed by atoms with E-state index in [-0.39, 0.29) is 5.84 Å². The van der Waals surface area contributed by atoms with E-state index in [0.717, 1.165) is 20.0 Å². The van der Waals surface area contributed by atoms with E-state index in [4.69, 9.17) is 15.9 Å². The molecule has 3 N–H and O–H groups in total. The van der Waals surface area contributed by atoms with E-state index in [1.54, 1.807) is 18.9 Å². The van der Waals surface area contributed by atoms with Crippen molar-refractivity contribution >= 4 is 33.5 Å². The molecule has 0 aliphatic rings. The fraction of sp³-hybridized carbons (Fsp3) is 0.0714. The highest BCUT2D eigenvalue weighted by Gasteiger charge is 2.05. The van der Waals surface area contributed by atoms with Gasteiger partial charge in [-0.25, -0.2) is 0 Å². The molecule has 0 bridgehead atoms. The minimum Gasteiger partial charge on any atom is -0.497 e. The number of amidine groups is 1. The molecule has 3 nitrogen and oxygen atoms in total. The zero-order valence-corrected chi connectivity index (χ0v) is 12.7.